The Balaban J connectivity index is 1.48. The topological polar surface area (TPSA) is 76.5 Å². The number of hydrogen-bond acceptors (Lipinski definition) is 5. The van der Waals surface area contributed by atoms with Crippen LogP contribution in [0.4, 0.5) is 4.79 Å². The molecular formula is C22H26N4O3S. The number of amides is 2. The fourth-order valence-electron chi connectivity index (χ4n) is 3.65. The van der Waals surface area contributed by atoms with Crippen molar-refractivity contribution in [1.82, 2.24) is 19.8 Å². The number of aromatic nitrogens is 2. The monoisotopic (exact) mass is 426 g/mol. The number of likely N-dealkylation sites (tertiary alicyclic amines) is 1. The molecule has 8 heteroatoms. The van der Waals surface area contributed by atoms with Crippen LogP contribution in [0.2, 0.25) is 0 Å². The molecule has 1 aliphatic rings. The second-order valence-electron chi connectivity index (χ2n) is 8.44. The highest BCUT2D eigenvalue weighted by Gasteiger charge is 2.29. The maximum Gasteiger partial charge on any atom is 0.407 e. The molecule has 0 atom stereocenters. The van der Waals surface area contributed by atoms with Crippen LogP contribution in [-0.4, -0.2) is 51.2 Å². The third kappa shape index (κ3) is 4.33. The van der Waals surface area contributed by atoms with Crippen LogP contribution in [0, 0.1) is 0 Å². The zero-order valence-electron chi connectivity index (χ0n) is 17.4. The van der Waals surface area contributed by atoms with Crippen LogP contribution in [0.5, 0.6) is 0 Å². The first kappa shape index (κ1) is 20.4. The summed E-state index contributed by atoms with van der Waals surface area (Å²) in [5.41, 5.74) is 0.359. The molecule has 0 unspecified atom stereocenters. The van der Waals surface area contributed by atoms with Gasteiger partial charge in [0.1, 0.15) is 15.3 Å². The van der Waals surface area contributed by atoms with E-state index in [0.29, 0.717) is 30.8 Å². The highest BCUT2D eigenvalue weighted by molar-refractivity contribution is 7.21. The van der Waals surface area contributed by atoms with Crippen molar-refractivity contribution in [3.8, 4) is 5.69 Å². The Morgan fingerprint density at radius 2 is 1.87 bits per heavy atom. The van der Waals surface area contributed by atoms with Gasteiger partial charge in [-0.3, -0.25) is 4.79 Å². The van der Waals surface area contributed by atoms with E-state index in [1.165, 1.54) is 11.3 Å². The fourth-order valence-corrected chi connectivity index (χ4v) is 4.76. The summed E-state index contributed by atoms with van der Waals surface area (Å²) in [7, 11) is 0. The summed E-state index contributed by atoms with van der Waals surface area (Å²) in [5.74, 6) is 0.0115. The second kappa shape index (κ2) is 8.10. The molecule has 7 nitrogen and oxygen atoms in total. The van der Waals surface area contributed by atoms with Crippen LogP contribution in [0.25, 0.3) is 15.9 Å². The number of nitrogens with one attached hydrogen (secondary N) is 1. The van der Waals surface area contributed by atoms with E-state index in [4.69, 9.17) is 4.74 Å². The summed E-state index contributed by atoms with van der Waals surface area (Å²) >= 11 is 1.43. The van der Waals surface area contributed by atoms with E-state index >= 15 is 0 Å². The van der Waals surface area contributed by atoms with Gasteiger partial charge in [-0.2, -0.15) is 0 Å². The first-order valence-corrected chi connectivity index (χ1v) is 10.9. The number of rotatable bonds is 3. The average molecular weight is 427 g/mol. The zero-order valence-corrected chi connectivity index (χ0v) is 18.2. The van der Waals surface area contributed by atoms with Crippen LogP contribution in [0.3, 0.4) is 0 Å². The number of ether oxygens (including phenoxy) is 1. The molecule has 1 saturated heterocycles. The van der Waals surface area contributed by atoms with Crippen molar-refractivity contribution in [2.75, 3.05) is 13.1 Å². The lowest BCUT2D eigenvalue weighted by Crippen LogP contribution is -2.47. The molecule has 3 aromatic heterocycles. The normalized spacial score (nSPS) is 15.4. The number of carbonyl (C=O) groups is 2. The van der Waals surface area contributed by atoms with E-state index in [9.17, 15) is 9.59 Å². The van der Waals surface area contributed by atoms with Crippen LogP contribution in [-0.2, 0) is 4.74 Å². The highest BCUT2D eigenvalue weighted by atomic mass is 32.1. The van der Waals surface area contributed by atoms with Crippen LogP contribution >= 0.6 is 11.3 Å². The number of hydrogen-bond donors (Lipinski definition) is 1. The molecule has 30 heavy (non-hydrogen) atoms. The van der Waals surface area contributed by atoms with Crippen LogP contribution < -0.4 is 5.32 Å². The average Bonchev–Trinajstić information content (AvgIpc) is 3.33. The summed E-state index contributed by atoms with van der Waals surface area (Å²) in [5, 5.41) is 3.89. The largest absolute Gasteiger partial charge is 0.444 e. The van der Waals surface area contributed by atoms with E-state index in [1.807, 2.05) is 66.9 Å². The molecule has 0 spiro atoms. The molecule has 1 N–H and O–H groups in total. The number of fused-ring (bicyclic) bond motifs is 1. The van der Waals surface area contributed by atoms with Gasteiger partial charge in [0.15, 0.2) is 0 Å². The smallest absolute Gasteiger partial charge is 0.407 e. The van der Waals surface area contributed by atoms with Crippen molar-refractivity contribution >= 4 is 33.6 Å². The first-order valence-electron chi connectivity index (χ1n) is 10.1. The summed E-state index contributed by atoms with van der Waals surface area (Å²) in [6.07, 6.45) is 6.64. The Labute approximate surface area is 179 Å². The van der Waals surface area contributed by atoms with E-state index < -0.39 is 11.7 Å². The molecule has 0 radical (unpaired) electrons. The van der Waals surface area contributed by atoms with Gasteiger partial charge in [0.2, 0.25) is 0 Å². The van der Waals surface area contributed by atoms with E-state index in [0.717, 1.165) is 15.9 Å². The van der Waals surface area contributed by atoms with Gasteiger partial charge in [-0.25, -0.2) is 9.78 Å². The quantitative estimate of drug-likeness (QED) is 0.680. The lowest BCUT2D eigenvalue weighted by Gasteiger charge is -2.32. The van der Waals surface area contributed by atoms with E-state index in [1.54, 1.807) is 6.20 Å². The summed E-state index contributed by atoms with van der Waals surface area (Å²) < 4.78 is 7.31. The Hall–Kier alpha value is -2.87. The molecule has 4 rings (SSSR count). The summed E-state index contributed by atoms with van der Waals surface area (Å²) in [6.45, 7) is 6.71. The lowest BCUT2D eigenvalue weighted by molar-refractivity contribution is 0.0474. The van der Waals surface area contributed by atoms with Crippen LogP contribution in [0.15, 0.2) is 42.9 Å². The van der Waals surface area contributed by atoms with E-state index in [-0.39, 0.29) is 11.9 Å². The van der Waals surface area contributed by atoms with Crippen molar-refractivity contribution in [3.63, 3.8) is 0 Å². The Morgan fingerprint density at radius 3 is 2.53 bits per heavy atom. The summed E-state index contributed by atoms with van der Waals surface area (Å²) in [6, 6.07) is 7.80. The third-order valence-electron chi connectivity index (χ3n) is 5.00. The molecule has 0 saturated carbocycles. The Bertz CT molecular complexity index is 1040. The van der Waals surface area contributed by atoms with Gasteiger partial charge in [0, 0.05) is 43.1 Å². The fraction of sp³-hybridized carbons (Fsp3) is 0.409. The summed E-state index contributed by atoms with van der Waals surface area (Å²) in [4.78, 5) is 33.3. The molecular weight excluding hydrogens is 400 g/mol. The minimum absolute atomic E-state index is 0.0110. The number of alkyl carbamates (subject to hydrolysis) is 1. The van der Waals surface area contributed by atoms with Crippen molar-refractivity contribution in [2.24, 2.45) is 0 Å². The second-order valence-corrected chi connectivity index (χ2v) is 9.44. The maximum atomic E-state index is 13.4. The first-order chi connectivity index (χ1) is 14.3. The third-order valence-corrected chi connectivity index (χ3v) is 6.09. The van der Waals surface area contributed by atoms with Crippen molar-refractivity contribution in [1.29, 1.82) is 0 Å². The number of pyridine rings is 1. The molecule has 3 aromatic rings. The van der Waals surface area contributed by atoms with Gasteiger partial charge in [-0.05, 0) is 57.9 Å². The lowest BCUT2D eigenvalue weighted by atomic mass is 10.0. The molecule has 158 valence electrons. The van der Waals surface area contributed by atoms with E-state index in [2.05, 4.69) is 10.3 Å². The molecule has 0 aliphatic carbocycles. The zero-order chi connectivity index (χ0) is 21.3. The van der Waals surface area contributed by atoms with Crippen molar-refractivity contribution < 1.29 is 14.3 Å². The van der Waals surface area contributed by atoms with Gasteiger partial charge >= 0.3 is 6.09 Å². The number of nitrogens with zero attached hydrogens (tertiary/aromatic N) is 3. The Morgan fingerprint density at radius 1 is 1.17 bits per heavy atom. The Kier molecular flexibility index (Phi) is 5.51. The molecule has 1 aliphatic heterocycles. The molecule has 2 amide bonds. The minimum atomic E-state index is -0.523. The van der Waals surface area contributed by atoms with Gasteiger partial charge in [0.25, 0.3) is 5.91 Å². The predicted octanol–water partition coefficient (Wildman–Crippen LogP) is 4.22. The molecule has 1 fully saturated rings. The molecule has 4 heterocycles. The standard InChI is InChI=1S/C22H26N4O3S/c1-22(2,3)29-21(28)24-15-8-13-26(14-9-15)20(27)18-17(25-11-4-5-12-25)16-7-6-10-23-19(16)30-18/h4-7,10-12,15H,8-9,13-14H2,1-3H3,(H,24,28). The van der Waals surface area contributed by atoms with Gasteiger partial charge in [-0.1, -0.05) is 0 Å². The molecule has 0 bridgehead atoms. The molecule has 0 aromatic carbocycles. The minimum Gasteiger partial charge on any atom is -0.444 e. The van der Waals surface area contributed by atoms with Gasteiger partial charge < -0.3 is 19.5 Å². The van der Waals surface area contributed by atoms with Crippen molar-refractivity contribution in [3.05, 3.63) is 47.7 Å². The van der Waals surface area contributed by atoms with Crippen molar-refractivity contribution in [2.45, 2.75) is 45.3 Å². The number of thiophene rings is 1. The maximum absolute atomic E-state index is 13.4. The highest BCUT2D eigenvalue weighted by Crippen LogP contribution is 2.34. The predicted molar refractivity (Wildman–Crippen MR) is 117 cm³/mol. The van der Waals surface area contributed by atoms with Gasteiger partial charge in [-0.15, -0.1) is 11.3 Å². The number of piperidine rings is 1. The number of carbonyl (C=O) groups excluding carboxylic acids is 2. The van der Waals surface area contributed by atoms with Gasteiger partial charge in [0.05, 0.1) is 5.69 Å². The SMILES string of the molecule is CC(C)(C)OC(=O)NC1CCN(C(=O)c2sc3ncccc3c2-n2cccc2)CC1. The van der Waals surface area contributed by atoms with Crippen LogP contribution in [0.1, 0.15) is 43.3 Å².